The summed E-state index contributed by atoms with van der Waals surface area (Å²) in [6, 6.07) is 0. The minimum Gasteiger partial charge on any atom is -0.0842 e. The molecule has 0 heteroatoms. The monoisotopic (exact) mass is 194 g/mol. The third kappa shape index (κ3) is 9.31. The SMILES string of the molecule is CC.CC/C=C\C(C=C(C)C)=C(C)C. The molecule has 0 nitrogen and oxygen atoms in total. The molecule has 0 aromatic heterocycles. The molecule has 0 aliphatic heterocycles. The standard InChI is InChI=1S/C12H20.C2H6/c1-6-7-8-12(11(4)5)9-10(2)3;1-2/h7-9H,6H2,1-5H3;1-2H3/b8-7-;. The van der Waals surface area contributed by atoms with Gasteiger partial charge in [-0.25, -0.2) is 0 Å². The van der Waals surface area contributed by atoms with Gasteiger partial charge in [-0.05, 0) is 39.7 Å². The average molecular weight is 194 g/mol. The summed E-state index contributed by atoms with van der Waals surface area (Å²) in [7, 11) is 0. The minimum atomic E-state index is 1.10. The molecule has 0 aliphatic carbocycles. The van der Waals surface area contributed by atoms with Gasteiger partial charge in [-0.3, -0.25) is 0 Å². The highest BCUT2D eigenvalue weighted by Crippen LogP contribution is 2.09. The Balaban J connectivity index is 0. The van der Waals surface area contributed by atoms with E-state index in [0.717, 1.165) is 6.42 Å². The molecule has 0 heterocycles. The summed E-state index contributed by atoms with van der Waals surface area (Å²) in [6.45, 7) is 14.7. The fourth-order valence-corrected chi connectivity index (χ4v) is 0.915. The molecule has 0 fully saturated rings. The topological polar surface area (TPSA) is 0 Å². The van der Waals surface area contributed by atoms with E-state index >= 15 is 0 Å². The molecule has 0 aromatic carbocycles. The van der Waals surface area contributed by atoms with E-state index < -0.39 is 0 Å². The predicted molar refractivity (Wildman–Crippen MR) is 68.6 cm³/mol. The lowest BCUT2D eigenvalue weighted by Gasteiger charge is -1.99. The second-order valence-corrected chi connectivity index (χ2v) is 3.49. The van der Waals surface area contributed by atoms with E-state index in [9.17, 15) is 0 Å². The summed E-state index contributed by atoms with van der Waals surface area (Å²) in [6.07, 6.45) is 7.72. The number of hydrogen-bond donors (Lipinski definition) is 0. The molecule has 14 heavy (non-hydrogen) atoms. The molecule has 0 spiro atoms. The van der Waals surface area contributed by atoms with Crippen LogP contribution in [-0.2, 0) is 0 Å². The quantitative estimate of drug-likeness (QED) is 0.536. The third-order valence-electron chi connectivity index (χ3n) is 1.55. The minimum absolute atomic E-state index is 1.10. The van der Waals surface area contributed by atoms with Gasteiger partial charge in [0, 0.05) is 0 Å². The Morgan fingerprint density at radius 3 is 1.79 bits per heavy atom. The smallest absolute Gasteiger partial charge is 0.0274 e. The summed E-state index contributed by atoms with van der Waals surface area (Å²) in [4.78, 5) is 0. The predicted octanol–water partition coefficient (Wildman–Crippen LogP) is 5.28. The molecule has 82 valence electrons. The zero-order valence-corrected chi connectivity index (χ0v) is 10.9. The van der Waals surface area contributed by atoms with Gasteiger partial charge in [-0.2, -0.15) is 0 Å². The van der Waals surface area contributed by atoms with Crippen LogP contribution in [0.2, 0.25) is 0 Å². The van der Waals surface area contributed by atoms with Gasteiger partial charge in [0.1, 0.15) is 0 Å². The van der Waals surface area contributed by atoms with Crippen LogP contribution in [0.25, 0.3) is 0 Å². The van der Waals surface area contributed by atoms with Gasteiger partial charge < -0.3 is 0 Å². The van der Waals surface area contributed by atoms with E-state index in [1.54, 1.807) is 0 Å². The Labute approximate surface area is 90.4 Å². The van der Waals surface area contributed by atoms with E-state index in [4.69, 9.17) is 0 Å². The highest BCUT2D eigenvalue weighted by atomic mass is 14.0. The van der Waals surface area contributed by atoms with Crippen molar-refractivity contribution in [3.8, 4) is 0 Å². The second-order valence-electron chi connectivity index (χ2n) is 3.49. The number of rotatable bonds is 3. The molecule has 0 saturated heterocycles. The summed E-state index contributed by atoms with van der Waals surface area (Å²) in [5.41, 5.74) is 4.07. The Kier molecular flexibility index (Phi) is 11.5. The maximum atomic E-state index is 2.22. The molecule has 0 unspecified atom stereocenters. The summed E-state index contributed by atoms with van der Waals surface area (Å²) in [5, 5.41) is 0. The molecular formula is C14H26. The van der Waals surface area contributed by atoms with Gasteiger partial charge >= 0.3 is 0 Å². The molecule has 0 aromatic rings. The van der Waals surface area contributed by atoms with E-state index in [-0.39, 0.29) is 0 Å². The van der Waals surface area contributed by atoms with Gasteiger partial charge in [0.25, 0.3) is 0 Å². The van der Waals surface area contributed by atoms with Crippen molar-refractivity contribution in [1.29, 1.82) is 0 Å². The largest absolute Gasteiger partial charge is 0.0842 e. The van der Waals surface area contributed by atoms with Crippen LogP contribution in [0.4, 0.5) is 0 Å². The zero-order valence-electron chi connectivity index (χ0n) is 10.9. The van der Waals surface area contributed by atoms with Gasteiger partial charge in [-0.15, -0.1) is 0 Å². The van der Waals surface area contributed by atoms with E-state index in [1.807, 2.05) is 13.8 Å². The second kappa shape index (κ2) is 10.3. The lowest BCUT2D eigenvalue weighted by Crippen LogP contribution is -1.78. The van der Waals surface area contributed by atoms with Crippen molar-refractivity contribution in [2.45, 2.75) is 54.9 Å². The Morgan fingerprint density at radius 2 is 1.50 bits per heavy atom. The van der Waals surface area contributed by atoms with Crippen molar-refractivity contribution >= 4 is 0 Å². The molecule has 0 rings (SSSR count). The van der Waals surface area contributed by atoms with Crippen molar-refractivity contribution in [3.63, 3.8) is 0 Å². The third-order valence-corrected chi connectivity index (χ3v) is 1.55. The Hall–Kier alpha value is -0.780. The highest BCUT2D eigenvalue weighted by molar-refractivity contribution is 5.35. The summed E-state index contributed by atoms with van der Waals surface area (Å²) < 4.78 is 0. The molecule has 0 amide bonds. The summed E-state index contributed by atoms with van der Waals surface area (Å²) in [5.74, 6) is 0. The van der Waals surface area contributed by atoms with E-state index in [1.165, 1.54) is 16.7 Å². The molecule has 0 atom stereocenters. The van der Waals surface area contributed by atoms with Crippen molar-refractivity contribution in [2.75, 3.05) is 0 Å². The van der Waals surface area contributed by atoms with Crippen molar-refractivity contribution < 1.29 is 0 Å². The number of hydrogen-bond acceptors (Lipinski definition) is 0. The van der Waals surface area contributed by atoms with Crippen LogP contribution in [0.5, 0.6) is 0 Å². The molecule has 0 saturated carbocycles. The van der Waals surface area contributed by atoms with Gasteiger partial charge in [0.2, 0.25) is 0 Å². The molecule has 0 radical (unpaired) electrons. The van der Waals surface area contributed by atoms with Crippen LogP contribution >= 0.6 is 0 Å². The first-order chi connectivity index (χ1) is 6.57. The maximum Gasteiger partial charge on any atom is -0.0274 e. The lowest BCUT2D eigenvalue weighted by molar-refractivity contribution is 1.21. The first-order valence-corrected chi connectivity index (χ1v) is 5.56. The van der Waals surface area contributed by atoms with Crippen molar-refractivity contribution in [3.05, 3.63) is 34.9 Å². The first kappa shape index (κ1) is 15.7. The molecule has 0 aliphatic rings. The highest BCUT2D eigenvalue weighted by Gasteiger charge is 1.89. The number of allylic oxidation sites excluding steroid dienone is 6. The van der Waals surface area contributed by atoms with Gasteiger partial charge in [0.05, 0.1) is 0 Å². The lowest BCUT2D eigenvalue weighted by atomic mass is 10.1. The Bertz CT molecular complexity index is 206. The molecular weight excluding hydrogens is 168 g/mol. The van der Waals surface area contributed by atoms with Crippen LogP contribution in [0.15, 0.2) is 34.9 Å². The summed E-state index contributed by atoms with van der Waals surface area (Å²) >= 11 is 0. The fourth-order valence-electron chi connectivity index (χ4n) is 0.915. The fraction of sp³-hybridized carbons (Fsp3) is 0.571. The zero-order chi connectivity index (χ0) is 11.6. The van der Waals surface area contributed by atoms with E-state index in [0.29, 0.717) is 0 Å². The molecule has 0 bridgehead atoms. The Morgan fingerprint density at radius 1 is 1.00 bits per heavy atom. The van der Waals surface area contributed by atoms with Crippen LogP contribution in [-0.4, -0.2) is 0 Å². The van der Waals surface area contributed by atoms with Crippen LogP contribution in [0.3, 0.4) is 0 Å². The molecule has 0 N–H and O–H groups in total. The van der Waals surface area contributed by atoms with Gasteiger partial charge in [0.15, 0.2) is 0 Å². The van der Waals surface area contributed by atoms with Crippen LogP contribution < -0.4 is 0 Å². The van der Waals surface area contributed by atoms with Crippen LogP contribution in [0.1, 0.15) is 54.9 Å². The van der Waals surface area contributed by atoms with Crippen LogP contribution in [0, 0.1) is 0 Å². The average Bonchev–Trinajstić information content (AvgIpc) is 2.14. The van der Waals surface area contributed by atoms with Crippen molar-refractivity contribution in [1.82, 2.24) is 0 Å². The van der Waals surface area contributed by atoms with Crippen molar-refractivity contribution in [2.24, 2.45) is 0 Å². The maximum absolute atomic E-state index is 2.22. The first-order valence-electron chi connectivity index (χ1n) is 5.56. The normalized spacial score (nSPS) is 9.07. The van der Waals surface area contributed by atoms with Gasteiger partial charge in [-0.1, -0.05) is 50.1 Å². The van der Waals surface area contributed by atoms with E-state index in [2.05, 4.69) is 52.8 Å².